The van der Waals surface area contributed by atoms with Crippen molar-refractivity contribution in [1.29, 1.82) is 0 Å². The van der Waals surface area contributed by atoms with Crippen molar-refractivity contribution >= 4 is 37.7 Å². The van der Waals surface area contributed by atoms with Gasteiger partial charge in [-0.15, -0.1) is 0 Å². The number of rotatable bonds is 11. The fourth-order valence-corrected chi connectivity index (χ4v) is 7.86. The molecule has 1 saturated heterocycles. The molecule has 1 aliphatic carbocycles. The second-order valence-corrected chi connectivity index (χ2v) is 14.8. The first-order valence-corrected chi connectivity index (χ1v) is 17.6. The number of piperidine rings is 1. The maximum absolute atomic E-state index is 14.1. The molecule has 46 heavy (non-hydrogen) atoms. The molecule has 0 bridgehead atoms. The number of nitrogens with one attached hydrogen (secondary N) is 2. The zero-order valence-corrected chi connectivity index (χ0v) is 26.7. The summed E-state index contributed by atoms with van der Waals surface area (Å²) in [7, 11) is -5.96. The second kappa shape index (κ2) is 12.3. The van der Waals surface area contributed by atoms with Gasteiger partial charge in [0.05, 0.1) is 41.1 Å². The molecule has 6 rings (SSSR count). The van der Waals surface area contributed by atoms with Crippen LogP contribution in [0.5, 0.6) is 5.88 Å². The summed E-state index contributed by atoms with van der Waals surface area (Å²) in [4.78, 5) is 35.6. The molecule has 4 aromatic heterocycles. The van der Waals surface area contributed by atoms with Crippen LogP contribution in [0, 0.1) is 0 Å². The van der Waals surface area contributed by atoms with Crippen molar-refractivity contribution in [3.05, 3.63) is 60.9 Å². The summed E-state index contributed by atoms with van der Waals surface area (Å²) in [5.74, 6) is -0.0119. The number of nitrogens with zero attached hydrogens (tertiary/aromatic N) is 8. The lowest BCUT2D eigenvalue weighted by Gasteiger charge is -2.39. The van der Waals surface area contributed by atoms with Gasteiger partial charge in [0.2, 0.25) is 27.8 Å². The molecule has 242 valence electrons. The van der Waals surface area contributed by atoms with Crippen molar-refractivity contribution in [2.45, 2.75) is 48.3 Å². The van der Waals surface area contributed by atoms with E-state index in [0.29, 0.717) is 36.6 Å². The zero-order valence-electron chi connectivity index (χ0n) is 25.1. The van der Waals surface area contributed by atoms with Gasteiger partial charge >= 0.3 is 0 Å². The van der Waals surface area contributed by atoms with Crippen LogP contribution in [-0.4, -0.2) is 86.7 Å². The maximum atomic E-state index is 14.1. The van der Waals surface area contributed by atoms with Crippen LogP contribution in [0.25, 0.3) is 11.3 Å². The number of amides is 1. The van der Waals surface area contributed by atoms with E-state index in [1.165, 1.54) is 33.5 Å². The van der Waals surface area contributed by atoms with Gasteiger partial charge in [-0.3, -0.25) is 19.2 Å². The molecule has 16 nitrogen and oxygen atoms in total. The molecular weight excluding hydrogens is 637 g/mol. The predicted octanol–water partition coefficient (Wildman–Crippen LogP) is 1.73. The number of ether oxygens (including phenoxy) is 1. The van der Waals surface area contributed by atoms with Crippen molar-refractivity contribution in [3.8, 4) is 17.1 Å². The van der Waals surface area contributed by atoms with Crippen LogP contribution in [-0.2, 0) is 37.3 Å². The minimum atomic E-state index is -3.92. The summed E-state index contributed by atoms with van der Waals surface area (Å²) < 4.78 is 62.4. The Morgan fingerprint density at radius 2 is 1.80 bits per heavy atom. The third-order valence-corrected chi connectivity index (χ3v) is 11.5. The molecule has 1 amide bonds. The normalized spacial score (nSPS) is 16.9. The highest BCUT2D eigenvalue weighted by atomic mass is 32.2. The minimum Gasteiger partial charge on any atom is -0.477 e. The van der Waals surface area contributed by atoms with E-state index in [9.17, 15) is 21.6 Å². The van der Waals surface area contributed by atoms with Gasteiger partial charge in [0.15, 0.2) is 5.03 Å². The summed E-state index contributed by atoms with van der Waals surface area (Å²) in [6.45, 7) is 2.26. The van der Waals surface area contributed by atoms with Crippen LogP contribution in [0.1, 0.15) is 38.3 Å². The van der Waals surface area contributed by atoms with Crippen LogP contribution in [0.15, 0.2) is 60.3 Å². The first-order chi connectivity index (χ1) is 22.0. The Labute approximate surface area is 265 Å². The number of carbonyl (C=O) groups excluding carboxylic acids is 1. The maximum Gasteiger partial charge on any atom is 0.262 e. The highest BCUT2D eigenvalue weighted by Crippen LogP contribution is 2.38. The van der Waals surface area contributed by atoms with E-state index in [1.54, 1.807) is 37.8 Å². The second-order valence-electron chi connectivity index (χ2n) is 11.0. The molecule has 1 aliphatic heterocycles. The average Bonchev–Trinajstić information content (AvgIpc) is 3.82. The molecule has 0 radical (unpaired) electrons. The Morgan fingerprint density at radius 3 is 2.46 bits per heavy atom. The van der Waals surface area contributed by atoms with E-state index in [0.717, 1.165) is 0 Å². The molecule has 4 aromatic rings. The highest BCUT2D eigenvalue weighted by Gasteiger charge is 2.47. The minimum absolute atomic E-state index is 0.0132. The van der Waals surface area contributed by atoms with E-state index in [1.807, 2.05) is 6.92 Å². The predicted molar refractivity (Wildman–Crippen MR) is 166 cm³/mol. The summed E-state index contributed by atoms with van der Waals surface area (Å²) in [5, 5.41) is 6.31. The van der Waals surface area contributed by atoms with E-state index in [4.69, 9.17) is 4.74 Å². The van der Waals surface area contributed by atoms with Crippen LogP contribution in [0.4, 0.5) is 11.8 Å². The number of pyridine rings is 1. The van der Waals surface area contributed by atoms with Crippen LogP contribution >= 0.6 is 0 Å². The molecule has 0 aromatic carbocycles. The van der Waals surface area contributed by atoms with Gasteiger partial charge in [-0.05, 0) is 56.9 Å². The standard InChI is InChI=1S/C28H32N10O6S2/c1-3-44-24-18-29-17-21(32-24)19-4-7-23(31-16-19)34-26(39)28(22-8-12-30-27(33-22)36-45(40,41)20-5-6-20)10-14-38(15-11-28)46(42,43)25-9-13-37(2)35-25/h4,7-9,12-13,16-18,20H,3,5-6,10-11,14-15H2,1-2H3,(H,30,33,36)(H,31,34,39). The van der Waals surface area contributed by atoms with E-state index in [-0.39, 0.29) is 48.4 Å². The van der Waals surface area contributed by atoms with Gasteiger partial charge in [-0.2, -0.15) is 9.40 Å². The Hall–Kier alpha value is -4.55. The average molecular weight is 669 g/mol. The van der Waals surface area contributed by atoms with Crippen molar-refractivity contribution in [1.82, 2.24) is 39.0 Å². The summed E-state index contributed by atoms with van der Waals surface area (Å²) in [6, 6.07) is 6.30. The Morgan fingerprint density at radius 1 is 1.02 bits per heavy atom. The molecule has 0 spiro atoms. The fourth-order valence-electron chi connectivity index (χ4n) is 5.19. The first kappa shape index (κ1) is 31.4. The van der Waals surface area contributed by atoms with Crippen LogP contribution in [0.3, 0.4) is 0 Å². The zero-order chi connectivity index (χ0) is 32.5. The fraction of sp³-hybridized carbons (Fsp3) is 0.393. The number of anilines is 2. The van der Waals surface area contributed by atoms with Crippen molar-refractivity contribution in [2.24, 2.45) is 7.05 Å². The van der Waals surface area contributed by atoms with Crippen LogP contribution < -0.4 is 14.8 Å². The van der Waals surface area contributed by atoms with Gasteiger partial charge in [0.1, 0.15) is 5.82 Å². The topological polar surface area (TPSA) is 204 Å². The molecule has 2 aliphatic rings. The van der Waals surface area contributed by atoms with Gasteiger partial charge in [0.25, 0.3) is 10.0 Å². The molecule has 0 unspecified atom stereocenters. The highest BCUT2D eigenvalue weighted by molar-refractivity contribution is 7.93. The lowest BCUT2D eigenvalue weighted by Crippen LogP contribution is -2.51. The third-order valence-electron chi connectivity index (χ3n) is 7.85. The number of hydrogen-bond acceptors (Lipinski definition) is 12. The lowest BCUT2D eigenvalue weighted by atomic mass is 9.75. The summed E-state index contributed by atoms with van der Waals surface area (Å²) >= 11 is 0. The summed E-state index contributed by atoms with van der Waals surface area (Å²) in [6.07, 6.45) is 8.75. The van der Waals surface area contributed by atoms with Crippen molar-refractivity contribution in [3.63, 3.8) is 0 Å². The number of carbonyl (C=O) groups is 1. The Kier molecular flexibility index (Phi) is 8.43. The quantitative estimate of drug-likeness (QED) is 0.235. The van der Waals surface area contributed by atoms with Crippen LogP contribution in [0.2, 0.25) is 0 Å². The molecule has 18 heteroatoms. The molecular formula is C28H32N10O6S2. The molecule has 0 atom stereocenters. The first-order valence-electron chi connectivity index (χ1n) is 14.6. The number of aryl methyl sites for hydroxylation is 1. The van der Waals surface area contributed by atoms with E-state index >= 15 is 0 Å². The van der Waals surface area contributed by atoms with Gasteiger partial charge < -0.3 is 10.1 Å². The molecule has 1 saturated carbocycles. The molecule has 5 heterocycles. The largest absolute Gasteiger partial charge is 0.477 e. The molecule has 2 fully saturated rings. The lowest BCUT2D eigenvalue weighted by molar-refractivity contribution is -0.123. The smallest absolute Gasteiger partial charge is 0.262 e. The SMILES string of the molecule is CCOc1cncc(-c2ccc(NC(=O)C3(c4ccnc(NS(=O)(=O)C5CC5)n4)CCN(S(=O)(=O)c4ccn(C)n4)CC3)nc2)n1. The number of hydrogen-bond donors (Lipinski definition) is 2. The van der Waals surface area contributed by atoms with Gasteiger partial charge in [-0.1, -0.05) is 0 Å². The third kappa shape index (κ3) is 6.40. The van der Waals surface area contributed by atoms with Crippen molar-refractivity contribution in [2.75, 3.05) is 29.7 Å². The van der Waals surface area contributed by atoms with Gasteiger partial charge in [0, 0.05) is 44.3 Å². The number of sulfonamides is 2. The Bertz CT molecular complexity index is 1960. The van der Waals surface area contributed by atoms with Gasteiger partial charge in [-0.25, -0.2) is 36.8 Å². The summed E-state index contributed by atoms with van der Waals surface area (Å²) in [5.41, 5.74) is 0.105. The molecule has 2 N–H and O–H groups in total. The monoisotopic (exact) mass is 668 g/mol. The van der Waals surface area contributed by atoms with E-state index < -0.39 is 36.6 Å². The number of aromatic nitrogens is 7. The Balaban J connectivity index is 1.27. The van der Waals surface area contributed by atoms with Crippen molar-refractivity contribution < 1.29 is 26.4 Å². The van der Waals surface area contributed by atoms with E-state index in [2.05, 4.69) is 40.1 Å².